The molecule has 4 nitrogen and oxygen atoms in total. The van der Waals surface area contributed by atoms with Crippen LogP contribution in [0.3, 0.4) is 0 Å². The first-order chi connectivity index (χ1) is 10.1. The maximum absolute atomic E-state index is 11.5. The van der Waals surface area contributed by atoms with Crippen LogP contribution in [0.2, 0.25) is 0 Å². The standard InChI is InChI=1S/C16H18BrN3O/c1-3-4-16(21)20-15-8-6-12(10-18-15)19-14-7-5-11(2)9-13(14)17/h5-10,19H,3-4H2,1-2H3,(H,18,20,21). The number of carbonyl (C=O) groups excluding carboxylic acids is 1. The van der Waals surface area contributed by atoms with E-state index < -0.39 is 0 Å². The Labute approximate surface area is 133 Å². The number of halogens is 1. The summed E-state index contributed by atoms with van der Waals surface area (Å²) in [5.41, 5.74) is 3.04. The van der Waals surface area contributed by atoms with Crippen LogP contribution in [0.25, 0.3) is 0 Å². The van der Waals surface area contributed by atoms with Crippen molar-refractivity contribution < 1.29 is 4.79 Å². The number of carbonyl (C=O) groups is 1. The molecule has 0 aliphatic heterocycles. The van der Waals surface area contributed by atoms with Gasteiger partial charge in [-0.2, -0.15) is 0 Å². The molecule has 0 fully saturated rings. The molecule has 2 rings (SSSR count). The molecule has 0 aliphatic rings. The highest BCUT2D eigenvalue weighted by molar-refractivity contribution is 9.10. The molecule has 2 aromatic rings. The van der Waals surface area contributed by atoms with Gasteiger partial charge in [-0.1, -0.05) is 13.0 Å². The molecule has 1 heterocycles. The number of rotatable bonds is 5. The van der Waals surface area contributed by atoms with Crippen LogP contribution in [0.5, 0.6) is 0 Å². The van der Waals surface area contributed by atoms with Crippen molar-refractivity contribution in [3.8, 4) is 0 Å². The fourth-order valence-electron chi connectivity index (χ4n) is 1.85. The molecule has 0 spiro atoms. The first-order valence-corrected chi connectivity index (χ1v) is 7.67. The number of anilines is 3. The van der Waals surface area contributed by atoms with E-state index in [0.717, 1.165) is 22.3 Å². The first-order valence-electron chi connectivity index (χ1n) is 6.87. The molecule has 0 atom stereocenters. The first kappa shape index (κ1) is 15.5. The number of benzene rings is 1. The Bertz CT molecular complexity index is 626. The topological polar surface area (TPSA) is 54.0 Å². The average Bonchev–Trinajstić information content (AvgIpc) is 2.44. The van der Waals surface area contributed by atoms with Crippen LogP contribution in [-0.2, 0) is 4.79 Å². The zero-order chi connectivity index (χ0) is 15.2. The van der Waals surface area contributed by atoms with Gasteiger partial charge in [0.2, 0.25) is 5.91 Å². The smallest absolute Gasteiger partial charge is 0.225 e. The lowest BCUT2D eigenvalue weighted by molar-refractivity contribution is -0.116. The number of aryl methyl sites for hydroxylation is 1. The van der Waals surface area contributed by atoms with Crippen molar-refractivity contribution in [2.45, 2.75) is 26.7 Å². The quantitative estimate of drug-likeness (QED) is 0.828. The molecule has 0 bridgehead atoms. The van der Waals surface area contributed by atoms with Crippen LogP contribution < -0.4 is 10.6 Å². The predicted octanol–water partition coefficient (Wildman–Crippen LogP) is 4.63. The molecule has 0 aliphatic carbocycles. The van der Waals surface area contributed by atoms with Crippen molar-refractivity contribution in [3.05, 3.63) is 46.6 Å². The van der Waals surface area contributed by atoms with Crippen LogP contribution in [0.1, 0.15) is 25.3 Å². The normalized spacial score (nSPS) is 10.2. The van der Waals surface area contributed by atoms with E-state index in [1.807, 2.05) is 32.0 Å². The lowest BCUT2D eigenvalue weighted by atomic mass is 10.2. The zero-order valence-electron chi connectivity index (χ0n) is 12.1. The van der Waals surface area contributed by atoms with Crippen LogP contribution in [0.15, 0.2) is 41.0 Å². The fraction of sp³-hybridized carbons (Fsp3) is 0.250. The minimum absolute atomic E-state index is 0.00742. The summed E-state index contributed by atoms with van der Waals surface area (Å²) >= 11 is 3.53. The molecular formula is C16H18BrN3O. The molecule has 5 heteroatoms. The number of aromatic nitrogens is 1. The van der Waals surface area contributed by atoms with Crippen LogP contribution >= 0.6 is 15.9 Å². The molecule has 0 saturated heterocycles. The Kier molecular flexibility index (Phi) is 5.33. The van der Waals surface area contributed by atoms with Crippen LogP contribution in [0.4, 0.5) is 17.2 Å². The average molecular weight is 348 g/mol. The number of hydrogen-bond acceptors (Lipinski definition) is 3. The summed E-state index contributed by atoms with van der Waals surface area (Å²) in [7, 11) is 0. The summed E-state index contributed by atoms with van der Waals surface area (Å²) in [6.45, 7) is 4.02. The van der Waals surface area contributed by atoms with Gasteiger partial charge in [0.1, 0.15) is 5.82 Å². The molecule has 110 valence electrons. The van der Waals surface area contributed by atoms with Gasteiger partial charge in [-0.25, -0.2) is 4.98 Å². The molecule has 1 aromatic heterocycles. The van der Waals surface area contributed by atoms with E-state index in [-0.39, 0.29) is 5.91 Å². The number of hydrogen-bond donors (Lipinski definition) is 2. The Morgan fingerprint density at radius 2 is 2.10 bits per heavy atom. The molecule has 0 radical (unpaired) electrons. The van der Waals surface area contributed by atoms with E-state index in [1.165, 1.54) is 5.56 Å². The third-order valence-electron chi connectivity index (χ3n) is 2.91. The van der Waals surface area contributed by atoms with E-state index in [2.05, 4.69) is 37.6 Å². The largest absolute Gasteiger partial charge is 0.353 e. The van der Waals surface area contributed by atoms with Gasteiger partial charge in [-0.3, -0.25) is 4.79 Å². The SMILES string of the molecule is CCCC(=O)Nc1ccc(Nc2ccc(C)cc2Br)cn1. The van der Waals surface area contributed by atoms with Crippen molar-refractivity contribution in [3.63, 3.8) is 0 Å². The van der Waals surface area contributed by atoms with Gasteiger partial charge in [-0.05, 0) is 59.1 Å². The van der Waals surface area contributed by atoms with Gasteiger partial charge in [0, 0.05) is 10.9 Å². The van der Waals surface area contributed by atoms with Gasteiger partial charge in [0.25, 0.3) is 0 Å². The molecule has 1 amide bonds. The van der Waals surface area contributed by atoms with Crippen molar-refractivity contribution in [2.24, 2.45) is 0 Å². The lowest BCUT2D eigenvalue weighted by Gasteiger charge is -2.10. The maximum Gasteiger partial charge on any atom is 0.225 e. The second kappa shape index (κ2) is 7.22. The van der Waals surface area contributed by atoms with Gasteiger partial charge < -0.3 is 10.6 Å². The third kappa shape index (κ3) is 4.56. The molecule has 1 aromatic carbocycles. The van der Waals surface area contributed by atoms with Gasteiger partial charge in [0.15, 0.2) is 0 Å². The highest BCUT2D eigenvalue weighted by Crippen LogP contribution is 2.26. The molecule has 2 N–H and O–H groups in total. The second-order valence-electron chi connectivity index (χ2n) is 4.84. The summed E-state index contributed by atoms with van der Waals surface area (Å²) in [5, 5.41) is 6.05. The van der Waals surface area contributed by atoms with E-state index in [1.54, 1.807) is 12.3 Å². The third-order valence-corrected chi connectivity index (χ3v) is 3.57. The Hall–Kier alpha value is -1.88. The van der Waals surface area contributed by atoms with Crippen molar-refractivity contribution in [1.29, 1.82) is 0 Å². The Morgan fingerprint density at radius 3 is 2.71 bits per heavy atom. The summed E-state index contributed by atoms with van der Waals surface area (Å²) in [6.07, 6.45) is 3.04. The molecule has 21 heavy (non-hydrogen) atoms. The molecule has 0 saturated carbocycles. The zero-order valence-corrected chi connectivity index (χ0v) is 13.7. The minimum Gasteiger partial charge on any atom is -0.353 e. The summed E-state index contributed by atoms with van der Waals surface area (Å²) in [4.78, 5) is 15.7. The van der Waals surface area contributed by atoms with E-state index in [9.17, 15) is 4.79 Å². The number of amides is 1. The van der Waals surface area contributed by atoms with E-state index in [0.29, 0.717) is 12.2 Å². The minimum atomic E-state index is -0.00742. The molecular weight excluding hydrogens is 330 g/mol. The number of nitrogens with one attached hydrogen (secondary N) is 2. The monoisotopic (exact) mass is 347 g/mol. The maximum atomic E-state index is 11.5. The number of nitrogens with zero attached hydrogens (tertiary/aromatic N) is 1. The van der Waals surface area contributed by atoms with Crippen molar-refractivity contribution in [2.75, 3.05) is 10.6 Å². The van der Waals surface area contributed by atoms with Crippen molar-refractivity contribution in [1.82, 2.24) is 4.98 Å². The summed E-state index contributed by atoms with van der Waals surface area (Å²) in [5.74, 6) is 0.564. The Morgan fingerprint density at radius 1 is 1.29 bits per heavy atom. The van der Waals surface area contributed by atoms with Crippen LogP contribution in [0, 0.1) is 6.92 Å². The summed E-state index contributed by atoms with van der Waals surface area (Å²) < 4.78 is 1.00. The second-order valence-corrected chi connectivity index (χ2v) is 5.69. The highest BCUT2D eigenvalue weighted by Gasteiger charge is 2.03. The Balaban J connectivity index is 2.03. The van der Waals surface area contributed by atoms with Crippen LogP contribution in [-0.4, -0.2) is 10.9 Å². The lowest BCUT2D eigenvalue weighted by Crippen LogP contribution is -2.11. The molecule has 0 unspecified atom stereocenters. The highest BCUT2D eigenvalue weighted by atomic mass is 79.9. The van der Waals surface area contributed by atoms with Gasteiger partial charge in [-0.15, -0.1) is 0 Å². The van der Waals surface area contributed by atoms with Gasteiger partial charge in [0.05, 0.1) is 17.6 Å². The van der Waals surface area contributed by atoms with E-state index in [4.69, 9.17) is 0 Å². The summed E-state index contributed by atoms with van der Waals surface area (Å²) in [6, 6.07) is 9.78. The van der Waals surface area contributed by atoms with Crippen molar-refractivity contribution >= 4 is 39.0 Å². The fourth-order valence-corrected chi connectivity index (χ4v) is 2.44. The number of pyridine rings is 1. The predicted molar refractivity (Wildman–Crippen MR) is 89.9 cm³/mol. The van der Waals surface area contributed by atoms with Gasteiger partial charge >= 0.3 is 0 Å². The van der Waals surface area contributed by atoms with E-state index >= 15 is 0 Å².